The van der Waals surface area contributed by atoms with Crippen molar-refractivity contribution in [3.05, 3.63) is 24.0 Å². The molecule has 0 aromatic carbocycles. The lowest BCUT2D eigenvalue weighted by molar-refractivity contribution is 0.281. The van der Waals surface area contributed by atoms with Gasteiger partial charge in [0.1, 0.15) is 5.82 Å². The van der Waals surface area contributed by atoms with Crippen LogP contribution in [0.4, 0.5) is 0 Å². The molecule has 1 rings (SSSR count). The lowest BCUT2D eigenvalue weighted by Crippen LogP contribution is -2.28. The van der Waals surface area contributed by atoms with Crippen LogP contribution in [-0.4, -0.2) is 24.7 Å². The standard InChI is InChI=1S/C11H18N2.C4H10/c1-4-10(2)11(12-3)13-8-6-5-7-9-13;1-3-4-2/h4H,1,3,5-9H2,2H3;3-4H2,1-2H3/b11-10+;. The molecule has 0 spiro atoms. The third-order valence-electron chi connectivity index (χ3n) is 2.96. The Morgan fingerprint density at radius 2 is 1.71 bits per heavy atom. The number of unbranched alkanes of at least 4 members (excludes halogenated alkanes) is 1. The maximum atomic E-state index is 4.07. The summed E-state index contributed by atoms with van der Waals surface area (Å²) in [5.41, 5.74) is 1.12. The molecular formula is C15H28N2. The summed E-state index contributed by atoms with van der Waals surface area (Å²) in [5.74, 6) is 1.01. The van der Waals surface area contributed by atoms with Gasteiger partial charge in [-0.2, -0.15) is 0 Å². The number of hydrogen-bond acceptors (Lipinski definition) is 2. The van der Waals surface area contributed by atoms with Crippen LogP contribution in [0.25, 0.3) is 0 Å². The average Bonchev–Trinajstić information content (AvgIpc) is 2.41. The predicted octanol–water partition coefficient (Wildman–Crippen LogP) is 4.40. The molecule has 0 unspecified atom stereocenters. The van der Waals surface area contributed by atoms with Crippen molar-refractivity contribution in [2.75, 3.05) is 13.1 Å². The van der Waals surface area contributed by atoms with Crippen molar-refractivity contribution in [2.45, 2.75) is 52.9 Å². The number of likely N-dealkylation sites (tertiary alicyclic amines) is 1. The SMILES string of the molecule is C=C/C(C)=C(\N=C)N1CCCCC1.CCCC. The van der Waals surface area contributed by atoms with Crippen LogP contribution in [0.3, 0.4) is 0 Å². The van der Waals surface area contributed by atoms with Crippen molar-refractivity contribution in [1.29, 1.82) is 0 Å². The summed E-state index contributed by atoms with van der Waals surface area (Å²) in [6, 6.07) is 0. The molecule has 0 aliphatic carbocycles. The van der Waals surface area contributed by atoms with E-state index in [0.29, 0.717) is 0 Å². The quantitative estimate of drug-likeness (QED) is 0.522. The molecule has 0 amide bonds. The lowest BCUT2D eigenvalue weighted by Gasteiger charge is -2.29. The van der Waals surface area contributed by atoms with Crippen molar-refractivity contribution in [3.63, 3.8) is 0 Å². The molecule has 1 saturated heterocycles. The highest BCUT2D eigenvalue weighted by Gasteiger charge is 2.13. The summed E-state index contributed by atoms with van der Waals surface area (Å²) in [6.45, 7) is 16.0. The first kappa shape index (κ1) is 16.0. The molecule has 98 valence electrons. The normalized spacial score (nSPS) is 16.5. The summed E-state index contributed by atoms with van der Waals surface area (Å²) in [7, 11) is 0. The first-order valence-electron chi connectivity index (χ1n) is 6.76. The zero-order valence-corrected chi connectivity index (χ0v) is 11.8. The Morgan fingerprint density at radius 3 is 2.06 bits per heavy atom. The van der Waals surface area contributed by atoms with Crippen LogP contribution >= 0.6 is 0 Å². The van der Waals surface area contributed by atoms with Crippen LogP contribution in [0.5, 0.6) is 0 Å². The highest BCUT2D eigenvalue weighted by molar-refractivity contribution is 5.32. The van der Waals surface area contributed by atoms with Gasteiger partial charge in [-0.15, -0.1) is 0 Å². The van der Waals surface area contributed by atoms with Gasteiger partial charge in [-0.25, -0.2) is 4.99 Å². The zero-order valence-electron chi connectivity index (χ0n) is 11.8. The zero-order chi connectivity index (χ0) is 13.1. The van der Waals surface area contributed by atoms with Crippen LogP contribution in [0, 0.1) is 0 Å². The Bertz CT molecular complexity index is 246. The molecule has 0 radical (unpaired) electrons. The molecule has 1 fully saturated rings. The Labute approximate surface area is 107 Å². The fourth-order valence-electron chi connectivity index (χ4n) is 1.67. The van der Waals surface area contributed by atoms with Crippen molar-refractivity contribution < 1.29 is 0 Å². The van der Waals surface area contributed by atoms with Crippen molar-refractivity contribution in [3.8, 4) is 0 Å². The molecule has 2 nitrogen and oxygen atoms in total. The van der Waals surface area contributed by atoms with Gasteiger partial charge in [0.2, 0.25) is 0 Å². The molecule has 0 saturated carbocycles. The molecular weight excluding hydrogens is 208 g/mol. The summed E-state index contributed by atoms with van der Waals surface area (Å²) < 4.78 is 0. The van der Waals surface area contributed by atoms with E-state index in [0.717, 1.165) is 24.5 Å². The van der Waals surface area contributed by atoms with E-state index in [1.165, 1.54) is 32.1 Å². The number of allylic oxidation sites excluding steroid dienone is 2. The number of nitrogens with zero attached hydrogens (tertiary/aromatic N) is 2. The van der Waals surface area contributed by atoms with Gasteiger partial charge in [0, 0.05) is 13.1 Å². The van der Waals surface area contributed by atoms with Gasteiger partial charge < -0.3 is 4.90 Å². The van der Waals surface area contributed by atoms with E-state index >= 15 is 0 Å². The molecule has 1 heterocycles. The summed E-state index contributed by atoms with van der Waals surface area (Å²) in [4.78, 5) is 6.37. The van der Waals surface area contributed by atoms with E-state index in [1.807, 2.05) is 13.0 Å². The van der Waals surface area contributed by atoms with Crippen LogP contribution in [0.15, 0.2) is 29.0 Å². The van der Waals surface area contributed by atoms with E-state index in [2.05, 4.69) is 37.0 Å². The number of rotatable bonds is 4. The van der Waals surface area contributed by atoms with Gasteiger partial charge >= 0.3 is 0 Å². The van der Waals surface area contributed by atoms with Crippen LogP contribution < -0.4 is 0 Å². The minimum absolute atomic E-state index is 1.01. The molecule has 0 aromatic heterocycles. The molecule has 1 aliphatic heterocycles. The number of hydrogen-bond donors (Lipinski definition) is 0. The summed E-state index contributed by atoms with van der Waals surface area (Å²) in [5, 5.41) is 0. The summed E-state index contributed by atoms with van der Waals surface area (Å²) in [6.07, 6.45) is 8.36. The smallest absolute Gasteiger partial charge is 0.130 e. The van der Waals surface area contributed by atoms with E-state index in [9.17, 15) is 0 Å². The number of aliphatic imine (C=N–C) groups is 1. The fraction of sp³-hybridized carbons (Fsp3) is 0.667. The second-order valence-electron chi connectivity index (χ2n) is 4.42. The van der Waals surface area contributed by atoms with Gasteiger partial charge in [-0.1, -0.05) is 39.3 Å². The van der Waals surface area contributed by atoms with Gasteiger partial charge in [0.25, 0.3) is 0 Å². The molecule has 0 aromatic rings. The molecule has 1 aliphatic rings. The van der Waals surface area contributed by atoms with Gasteiger partial charge in [-0.3, -0.25) is 0 Å². The maximum Gasteiger partial charge on any atom is 0.130 e. The lowest BCUT2D eigenvalue weighted by atomic mass is 10.1. The largest absolute Gasteiger partial charge is 0.356 e. The van der Waals surface area contributed by atoms with Crippen LogP contribution in [0.1, 0.15) is 52.9 Å². The molecule has 17 heavy (non-hydrogen) atoms. The van der Waals surface area contributed by atoms with Crippen LogP contribution in [0.2, 0.25) is 0 Å². The van der Waals surface area contributed by atoms with Gasteiger partial charge in [0.05, 0.1) is 0 Å². The average molecular weight is 236 g/mol. The van der Waals surface area contributed by atoms with E-state index in [1.54, 1.807) is 0 Å². The maximum absolute atomic E-state index is 4.07. The van der Waals surface area contributed by atoms with Gasteiger partial charge in [-0.05, 0) is 38.5 Å². The topological polar surface area (TPSA) is 15.6 Å². The first-order chi connectivity index (χ1) is 8.21. The molecule has 0 N–H and O–H groups in total. The monoisotopic (exact) mass is 236 g/mol. The third kappa shape index (κ3) is 6.30. The molecule has 0 bridgehead atoms. The third-order valence-corrected chi connectivity index (χ3v) is 2.96. The Hall–Kier alpha value is -1.05. The summed E-state index contributed by atoms with van der Waals surface area (Å²) >= 11 is 0. The Kier molecular flexibility index (Phi) is 9.50. The first-order valence-corrected chi connectivity index (χ1v) is 6.76. The van der Waals surface area contributed by atoms with Crippen molar-refractivity contribution in [2.24, 2.45) is 4.99 Å². The number of piperidine rings is 1. The van der Waals surface area contributed by atoms with E-state index in [-0.39, 0.29) is 0 Å². The van der Waals surface area contributed by atoms with Crippen LogP contribution in [-0.2, 0) is 0 Å². The minimum atomic E-state index is 1.01. The second-order valence-corrected chi connectivity index (χ2v) is 4.42. The Morgan fingerprint density at radius 1 is 1.18 bits per heavy atom. The fourth-order valence-corrected chi connectivity index (χ4v) is 1.67. The van der Waals surface area contributed by atoms with Crippen molar-refractivity contribution in [1.82, 2.24) is 4.90 Å². The predicted molar refractivity (Wildman–Crippen MR) is 78.5 cm³/mol. The van der Waals surface area contributed by atoms with Gasteiger partial charge in [0.15, 0.2) is 0 Å². The molecule has 0 atom stereocenters. The Balaban J connectivity index is 0.000000557. The van der Waals surface area contributed by atoms with Crippen molar-refractivity contribution >= 4 is 6.72 Å². The minimum Gasteiger partial charge on any atom is -0.356 e. The second kappa shape index (κ2) is 10.1. The highest BCUT2D eigenvalue weighted by Crippen LogP contribution is 2.18. The van der Waals surface area contributed by atoms with E-state index in [4.69, 9.17) is 0 Å². The highest BCUT2D eigenvalue weighted by atomic mass is 15.2. The molecule has 2 heteroatoms. The van der Waals surface area contributed by atoms with E-state index < -0.39 is 0 Å².